The van der Waals surface area contributed by atoms with Gasteiger partial charge in [0.05, 0.1) is 0 Å². The lowest BCUT2D eigenvalue weighted by atomic mass is 10.4. The van der Waals surface area contributed by atoms with E-state index >= 15 is 0 Å². The van der Waals surface area contributed by atoms with Gasteiger partial charge in [0.15, 0.2) is 0 Å². The Hall–Kier alpha value is -0.940. The Labute approximate surface area is 58.6 Å². The number of aliphatic hydroxyl groups excluding tert-OH is 1. The zero-order valence-corrected chi connectivity index (χ0v) is 5.96. The first kappa shape index (κ1) is 11.8. The van der Waals surface area contributed by atoms with E-state index in [0.717, 1.165) is 6.92 Å². The minimum absolute atomic E-state index is 0. The van der Waals surface area contributed by atoms with Crippen molar-refractivity contribution in [1.29, 1.82) is 0 Å². The molecule has 1 unspecified atom stereocenters. The van der Waals surface area contributed by atoms with Crippen LogP contribution in [0.4, 0.5) is 0 Å². The van der Waals surface area contributed by atoms with Gasteiger partial charge in [0, 0.05) is 6.92 Å². The average Bonchev–Trinajstić information content (AvgIpc) is 1.63. The van der Waals surface area contributed by atoms with Crippen molar-refractivity contribution in [3.8, 4) is 0 Å². The van der Waals surface area contributed by atoms with Crippen molar-refractivity contribution < 1.29 is 19.4 Å². The highest BCUT2D eigenvalue weighted by Gasteiger charge is 2.11. The number of rotatable bonds is 1. The third-order valence-electron chi connectivity index (χ3n) is 0.585. The average molecular weight is 149 g/mol. The summed E-state index contributed by atoms with van der Waals surface area (Å²) in [6, 6.07) is 0. The maximum Gasteiger partial charge on any atom is 0.342 e. The molecule has 0 saturated heterocycles. The van der Waals surface area contributed by atoms with Crippen molar-refractivity contribution in [3.05, 3.63) is 0 Å². The van der Waals surface area contributed by atoms with Gasteiger partial charge < -0.3 is 16.0 Å². The van der Waals surface area contributed by atoms with Crippen LogP contribution in [0, 0.1) is 0 Å². The summed E-state index contributed by atoms with van der Waals surface area (Å²) in [6.45, 7) is 2.32. The lowest BCUT2D eigenvalue weighted by Crippen LogP contribution is -2.21. The van der Waals surface area contributed by atoms with E-state index in [1.54, 1.807) is 0 Å². The first-order chi connectivity index (χ1) is 4.04. The summed E-state index contributed by atoms with van der Waals surface area (Å²) in [7, 11) is 0. The van der Waals surface area contributed by atoms with E-state index in [1.165, 1.54) is 6.92 Å². The van der Waals surface area contributed by atoms with Crippen LogP contribution in [0.1, 0.15) is 13.8 Å². The first-order valence-corrected chi connectivity index (χ1v) is 2.44. The van der Waals surface area contributed by atoms with Crippen molar-refractivity contribution in [2.45, 2.75) is 20.0 Å². The molecule has 0 aromatic heterocycles. The molecule has 0 amide bonds. The van der Waals surface area contributed by atoms with Gasteiger partial charge in [0.2, 0.25) is 0 Å². The lowest BCUT2D eigenvalue weighted by molar-refractivity contribution is -0.163. The quantitative estimate of drug-likeness (QED) is 0.391. The monoisotopic (exact) mass is 149 g/mol. The molecule has 0 heterocycles. The number of aliphatic hydroxyl groups is 1. The van der Waals surface area contributed by atoms with Gasteiger partial charge in [-0.2, -0.15) is 0 Å². The Balaban J connectivity index is 0. The van der Waals surface area contributed by atoms with Crippen molar-refractivity contribution in [1.82, 2.24) is 6.15 Å². The Morgan fingerprint density at radius 2 is 1.90 bits per heavy atom. The SMILES string of the molecule is CC(=O)OC(=O)C(C)O.N. The summed E-state index contributed by atoms with van der Waals surface area (Å²) >= 11 is 0. The smallest absolute Gasteiger partial charge is 0.342 e. The summed E-state index contributed by atoms with van der Waals surface area (Å²) in [5.41, 5.74) is 0. The second-order valence-electron chi connectivity index (χ2n) is 1.59. The third-order valence-corrected chi connectivity index (χ3v) is 0.585. The van der Waals surface area contributed by atoms with E-state index in [0.29, 0.717) is 0 Å². The van der Waals surface area contributed by atoms with Gasteiger partial charge in [-0.1, -0.05) is 0 Å². The highest BCUT2D eigenvalue weighted by atomic mass is 16.6. The summed E-state index contributed by atoms with van der Waals surface area (Å²) in [5.74, 6) is -1.62. The molecule has 0 aromatic carbocycles. The second kappa shape index (κ2) is 4.89. The molecule has 5 nitrogen and oxygen atoms in total. The molecular formula is C5H11NO4. The van der Waals surface area contributed by atoms with Gasteiger partial charge >= 0.3 is 11.9 Å². The molecule has 0 aliphatic heterocycles. The largest absolute Gasteiger partial charge is 0.391 e. The van der Waals surface area contributed by atoms with Crippen molar-refractivity contribution >= 4 is 11.9 Å². The van der Waals surface area contributed by atoms with Gasteiger partial charge in [-0.05, 0) is 6.92 Å². The van der Waals surface area contributed by atoms with Crippen LogP contribution in [-0.2, 0) is 14.3 Å². The van der Waals surface area contributed by atoms with Gasteiger partial charge in [0.25, 0.3) is 0 Å². The number of esters is 2. The van der Waals surface area contributed by atoms with Gasteiger partial charge in [-0.3, -0.25) is 4.79 Å². The number of carbonyl (C=O) groups is 2. The second-order valence-corrected chi connectivity index (χ2v) is 1.59. The molecule has 0 rings (SSSR count). The molecule has 0 radical (unpaired) electrons. The normalized spacial score (nSPS) is 11.1. The lowest BCUT2D eigenvalue weighted by Gasteiger charge is -1.99. The zero-order valence-electron chi connectivity index (χ0n) is 5.96. The van der Waals surface area contributed by atoms with Gasteiger partial charge in [-0.15, -0.1) is 0 Å². The Morgan fingerprint density at radius 3 is 2.00 bits per heavy atom. The molecule has 10 heavy (non-hydrogen) atoms. The zero-order chi connectivity index (χ0) is 7.44. The van der Waals surface area contributed by atoms with Crippen LogP contribution in [0.5, 0.6) is 0 Å². The number of hydrogen-bond donors (Lipinski definition) is 2. The van der Waals surface area contributed by atoms with Crippen LogP contribution < -0.4 is 6.15 Å². The molecule has 0 saturated carbocycles. The first-order valence-electron chi connectivity index (χ1n) is 2.44. The standard InChI is InChI=1S/C5H8O4.H3N/c1-3(6)5(8)9-4(2)7;/h3,6H,1-2H3;1H3. The molecule has 1 atom stereocenters. The van der Waals surface area contributed by atoms with Crippen LogP contribution in [-0.4, -0.2) is 23.1 Å². The predicted octanol–water partition coefficient (Wildman–Crippen LogP) is -0.381. The summed E-state index contributed by atoms with van der Waals surface area (Å²) < 4.78 is 3.98. The summed E-state index contributed by atoms with van der Waals surface area (Å²) in [6.07, 6.45) is -1.23. The molecule has 60 valence electrons. The third kappa shape index (κ3) is 5.20. The van der Waals surface area contributed by atoms with Crippen molar-refractivity contribution in [2.75, 3.05) is 0 Å². The van der Waals surface area contributed by atoms with Crippen LogP contribution in [0.25, 0.3) is 0 Å². The molecule has 0 aromatic rings. The van der Waals surface area contributed by atoms with Gasteiger partial charge in [-0.25, -0.2) is 4.79 Å². The summed E-state index contributed by atoms with van der Waals surface area (Å²) in [4.78, 5) is 20.3. The number of ether oxygens (including phenoxy) is 1. The Bertz CT molecular complexity index is 132. The molecule has 0 bridgehead atoms. The van der Waals surface area contributed by atoms with Crippen LogP contribution >= 0.6 is 0 Å². The fraction of sp³-hybridized carbons (Fsp3) is 0.600. The molecule has 4 N–H and O–H groups in total. The van der Waals surface area contributed by atoms with Crippen LogP contribution in [0.15, 0.2) is 0 Å². The van der Waals surface area contributed by atoms with Crippen LogP contribution in [0.3, 0.4) is 0 Å². The molecule has 0 fully saturated rings. The minimum atomic E-state index is -1.23. The van der Waals surface area contributed by atoms with E-state index in [4.69, 9.17) is 5.11 Å². The Morgan fingerprint density at radius 1 is 1.50 bits per heavy atom. The van der Waals surface area contributed by atoms with E-state index in [2.05, 4.69) is 4.74 Å². The highest BCUT2D eigenvalue weighted by Crippen LogP contribution is 1.85. The predicted molar refractivity (Wildman–Crippen MR) is 33.5 cm³/mol. The number of hydrogen-bond acceptors (Lipinski definition) is 5. The molecule has 5 heteroatoms. The van der Waals surface area contributed by atoms with Gasteiger partial charge in [0.1, 0.15) is 6.10 Å². The van der Waals surface area contributed by atoms with Crippen LogP contribution in [0.2, 0.25) is 0 Å². The maximum absolute atomic E-state index is 10.3. The molecule has 0 spiro atoms. The Kier molecular flexibility index (Phi) is 5.78. The van der Waals surface area contributed by atoms with E-state index in [-0.39, 0.29) is 6.15 Å². The summed E-state index contributed by atoms with van der Waals surface area (Å²) in [5, 5.41) is 8.44. The fourth-order valence-corrected chi connectivity index (χ4v) is 0.227. The molecular weight excluding hydrogens is 138 g/mol. The van der Waals surface area contributed by atoms with E-state index in [1.807, 2.05) is 0 Å². The van der Waals surface area contributed by atoms with E-state index < -0.39 is 18.0 Å². The van der Waals surface area contributed by atoms with Crippen molar-refractivity contribution in [2.24, 2.45) is 0 Å². The van der Waals surface area contributed by atoms with Crippen molar-refractivity contribution in [3.63, 3.8) is 0 Å². The van der Waals surface area contributed by atoms with E-state index in [9.17, 15) is 9.59 Å². The highest BCUT2D eigenvalue weighted by molar-refractivity contribution is 5.86. The fourth-order valence-electron chi connectivity index (χ4n) is 0.227. The molecule has 0 aliphatic carbocycles. The molecule has 0 aliphatic rings. The number of carbonyl (C=O) groups excluding carboxylic acids is 2. The maximum atomic E-state index is 10.3. The topological polar surface area (TPSA) is 98.6 Å². The minimum Gasteiger partial charge on any atom is -0.391 e.